The molecule has 9 aromatic rings. The van der Waals surface area contributed by atoms with Gasteiger partial charge in [0.1, 0.15) is 11.5 Å². The van der Waals surface area contributed by atoms with Crippen molar-refractivity contribution in [1.29, 1.82) is 0 Å². The summed E-state index contributed by atoms with van der Waals surface area (Å²) >= 11 is 7.08. The zero-order valence-electron chi connectivity index (χ0n) is 25.7. The van der Waals surface area contributed by atoms with Crippen LogP contribution in [-0.2, 0) is 20.8 Å². The summed E-state index contributed by atoms with van der Waals surface area (Å²) in [7, 11) is -6.71. The van der Waals surface area contributed by atoms with E-state index in [1.807, 2.05) is 36.4 Å². The first kappa shape index (κ1) is 31.5. The van der Waals surface area contributed by atoms with Crippen LogP contribution in [0.25, 0.3) is 86.2 Å². The molecule has 0 bridgehead atoms. The molecule has 14 heteroatoms. The molecule has 0 heterocycles. The summed E-state index contributed by atoms with van der Waals surface area (Å²) in [4.78, 5) is 0. The van der Waals surface area contributed by atoms with E-state index in [1.165, 1.54) is 0 Å². The Bertz CT molecular complexity index is 2980. The lowest BCUT2D eigenvalue weighted by Crippen LogP contribution is -2.08. The molecule has 0 saturated heterocycles. The molecule has 9 rings (SSSR count). The third-order valence-electron chi connectivity index (χ3n) is 9.37. The SMILES string of the molecule is COc1cc2c3cc(Br)ccc3c(OS(=O)(=O)O)c3ccc4c5ccc6c(OS(=O)(=O)O)c7ccc(Br)cc7c7cc(OC)c(c1c4c32)c5c67. The minimum Gasteiger partial charge on any atom is -0.496 e. The average molecular weight is 836 g/mol. The van der Waals surface area contributed by atoms with E-state index in [-0.39, 0.29) is 11.5 Å². The predicted molar refractivity (Wildman–Crippen MR) is 202 cm³/mol. The van der Waals surface area contributed by atoms with Gasteiger partial charge in [0.2, 0.25) is 0 Å². The number of hydrogen-bond donors (Lipinski definition) is 2. The Hall–Kier alpha value is -4.44. The van der Waals surface area contributed by atoms with Crippen molar-refractivity contribution in [2.45, 2.75) is 0 Å². The lowest BCUT2D eigenvalue weighted by Gasteiger charge is -2.24. The van der Waals surface area contributed by atoms with E-state index in [0.29, 0.717) is 65.4 Å². The molecule has 0 fully saturated rings. The molecule has 0 aliphatic carbocycles. The van der Waals surface area contributed by atoms with Crippen LogP contribution < -0.4 is 17.8 Å². The van der Waals surface area contributed by atoms with Gasteiger partial charge >= 0.3 is 20.8 Å². The Balaban J connectivity index is 1.60. The first-order valence-electron chi connectivity index (χ1n) is 14.8. The van der Waals surface area contributed by atoms with Crippen molar-refractivity contribution in [2.24, 2.45) is 0 Å². The van der Waals surface area contributed by atoms with Gasteiger partial charge < -0.3 is 17.8 Å². The van der Waals surface area contributed by atoms with Crippen LogP contribution in [-0.4, -0.2) is 40.2 Å². The molecule has 0 amide bonds. The fourth-order valence-corrected chi connectivity index (χ4v) is 9.21. The molecule has 50 heavy (non-hydrogen) atoms. The zero-order chi connectivity index (χ0) is 35.0. The van der Waals surface area contributed by atoms with Crippen LogP contribution in [0, 0.1) is 0 Å². The molecule has 0 spiro atoms. The van der Waals surface area contributed by atoms with Gasteiger partial charge in [0.25, 0.3) is 0 Å². The molecule has 0 radical (unpaired) electrons. The number of methoxy groups -OCH3 is 2. The summed E-state index contributed by atoms with van der Waals surface area (Å²) in [6.45, 7) is 0. The van der Waals surface area contributed by atoms with Gasteiger partial charge in [-0.1, -0.05) is 44.0 Å². The van der Waals surface area contributed by atoms with Gasteiger partial charge in [-0.25, -0.2) is 0 Å². The molecule has 0 saturated carbocycles. The van der Waals surface area contributed by atoms with Crippen LogP contribution in [0.3, 0.4) is 0 Å². The normalized spacial score (nSPS) is 12.9. The smallest absolute Gasteiger partial charge is 0.446 e. The van der Waals surface area contributed by atoms with E-state index < -0.39 is 20.8 Å². The minimum absolute atomic E-state index is 0.0306. The third-order valence-corrected chi connectivity index (χ3v) is 11.1. The van der Waals surface area contributed by atoms with Gasteiger partial charge in [-0.15, -0.1) is 0 Å². The van der Waals surface area contributed by atoms with E-state index in [4.69, 9.17) is 17.8 Å². The largest absolute Gasteiger partial charge is 0.496 e. The van der Waals surface area contributed by atoms with Gasteiger partial charge in [0, 0.05) is 62.8 Å². The van der Waals surface area contributed by atoms with Crippen molar-refractivity contribution < 1.29 is 43.8 Å². The Morgan fingerprint density at radius 1 is 0.440 bits per heavy atom. The molecule has 0 atom stereocenters. The Morgan fingerprint density at radius 2 is 0.800 bits per heavy atom. The number of rotatable bonds is 6. The molecule has 2 N–H and O–H groups in total. The van der Waals surface area contributed by atoms with Crippen molar-refractivity contribution >= 4 is 139 Å². The molecule has 250 valence electrons. The summed E-state index contributed by atoms with van der Waals surface area (Å²) in [5.41, 5.74) is 0. The van der Waals surface area contributed by atoms with E-state index in [2.05, 4.69) is 31.9 Å². The Labute approximate surface area is 299 Å². The molecule has 9 aromatic carbocycles. The van der Waals surface area contributed by atoms with E-state index in [9.17, 15) is 25.9 Å². The van der Waals surface area contributed by atoms with Gasteiger partial charge in [-0.2, -0.15) is 16.8 Å². The minimum atomic E-state index is -4.92. The molecule has 10 nitrogen and oxygen atoms in total. The van der Waals surface area contributed by atoms with E-state index in [0.717, 1.165) is 41.3 Å². The van der Waals surface area contributed by atoms with Crippen molar-refractivity contribution in [3.8, 4) is 23.0 Å². The zero-order valence-corrected chi connectivity index (χ0v) is 30.5. The highest BCUT2D eigenvalue weighted by Crippen LogP contribution is 2.56. The Kier molecular flexibility index (Phi) is 6.65. The maximum absolute atomic E-state index is 12.2. The summed E-state index contributed by atoms with van der Waals surface area (Å²) in [5.74, 6) is 0.935. The van der Waals surface area contributed by atoms with Crippen molar-refractivity contribution in [1.82, 2.24) is 0 Å². The molecular weight excluding hydrogens is 816 g/mol. The highest BCUT2D eigenvalue weighted by Gasteiger charge is 2.28. The van der Waals surface area contributed by atoms with Crippen LogP contribution in [0.15, 0.2) is 81.7 Å². The second kappa shape index (κ2) is 10.5. The maximum atomic E-state index is 12.2. The summed E-state index contributed by atoms with van der Waals surface area (Å²) in [6.07, 6.45) is 0. The highest BCUT2D eigenvalue weighted by atomic mass is 79.9. The van der Waals surface area contributed by atoms with Gasteiger partial charge in [0.15, 0.2) is 11.5 Å². The van der Waals surface area contributed by atoms with Crippen LogP contribution in [0.5, 0.6) is 23.0 Å². The number of hydrogen-bond acceptors (Lipinski definition) is 8. The third kappa shape index (κ3) is 4.42. The van der Waals surface area contributed by atoms with Gasteiger partial charge in [0.05, 0.1) is 14.2 Å². The quantitative estimate of drug-likeness (QED) is 0.0943. The van der Waals surface area contributed by atoms with Crippen LogP contribution in [0.1, 0.15) is 0 Å². The highest BCUT2D eigenvalue weighted by molar-refractivity contribution is 9.10. The number of benzene rings is 9. The monoisotopic (exact) mass is 834 g/mol. The molecule has 0 aliphatic heterocycles. The molecule has 0 unspecified atom stereocenters. The van der Waals surface area contributed by atoms with E-state index in [1.54, 1.807) is 50.6 Å². The average Bonchev–Trinajstić information content (AvgIpc) is 3.06. The fourth-order valence-electron chi connectivity index (χ4n) is 7.71. The summed E-state index contributed by atoms with van der Waals surface area (Å²) in [5, 5.41) is 10.3. The first-order chi connectivity index (χ1) is 23.8. The Morgan fingerprint density at radius 3 is 1.16 bits per heavy atom. The summed E-state index contributed by atoms with van der Waals surface area (Å²) in [6, 6.07) is 21.6. The number of ether oxygens (including phenoxy) is 2. The lowest BCUT2D eigenvalue weighted by atomic mass is 9.82. The first-order valence-corrected chi connectivity index (χ1v) is 19.1. The maximum Gasteiger partial charge on any atom is 0.446 e. The molecule has 0 aromatic heterocycles. The van der Waals surface area contributed by atoms with Crippen LogP contribution >= 0.6 is 31.9 Å². The fraction of sp³-hybridized carbons (Fsp3) is 0.0556. The number of fused-ring (bicyclic) bond motifs is 6. The van der Waals surface area contributed by atoms with Crippen molar-refractivity contribution in [3.63, 3.8) is 0 Å². The second-order valence-corrected chi connectivity index (χ2v) is 15.8. The van der Waals surface area contributed by atoms with Crippen molar-refractivity contribution in [3.05, 3.63) is 81.7 Å². The van der Waals surface area contributed by atoms with Crippen LogP contribution in [0.2, 0.25) is 0 Å². The van der Waals surface area contributed by atoms with Crippen molar-refractivity contribution in [2.75, 3.05) is 14.2 Å². The second-order valence-electron chi connectivity index (χ2n) is 11.9. The predicted octanol–water partition coefficient (Wildman–Crippen LogP) is 9.69. The molecule has 0 aliphatic rings. The van der Waals surface area contributed by atoms with E-state index >= 15 is 0 Å². The number of halogens is 2. The van der Waals surface area contributed by atoms with Gasteiger partial charge in [-0.05, 0) is 93.0 Å². The lowest BCUT2D eigenvalue weighted by molar-refractivity contribution is 0.387. The molecular formula is C36H20Br2O10S2. The van der Waals surface area contributed by atoms with Gasteiger partial charge in [-0.3, -0.25) is 9.11 Å². The standard InChI is InChI=1S/C36H20Br2O10S2/c1-45-27-13-25-23-11-15(37)3-5-19(23)35(47-49(39,40)41)21-9-7-17-18-8-10-22-30-26(14-28(46-2)34(32(18)30)33(27)31(17)29(21)25)24-12-16(38)4-6-20(24)36(22)48-50(42,43)44/h3-14H,1-2H3,(H,39,40,41)(H,42,43,44). The van der Waals surface area contributed by atoms with Crippen LogP contribution in [0.4, 0.5) is 0 Å². The topological polar surface area (TPSA) is 146 Å². The summed E-state index contributed by atoms with van der Waals surface area (Å²) < 4.78 is 92.8.